The first-order chi connectivity index (χ1) is 9.29. The molecule has 1 unspecified atom stereocenters. The lowest BCUT2D eigenvalue weighted by molar-refractivity contribution is 0.102. The van der Waals surface area contributed by atoms with Crippen molar-refractivity contribution in [2.24, 2.45) is 0 Å². The van der Waals surface area contributed by atoms with Gasteiger partial charge in [-0.05, 0) is 56.8 Å². The van der Waals surface area contributed by atoms with Crippen LogP contribution in [0.5, 0.6) is 5.75 Å². The fraction of sp³-hybridized carbons (Fsp3) is 0.625. The van der Waals surface area contributed by atoms with E-state index in [1.807, 2.05) is 12.1 Å². The lowest BCUT2D eigenvalue weighted by Gasteiger charge is -2.16. The highest BCUT2D eigenvalue weighted by atomic mass is 16.5. The Balaban J connectivity index is 1.69. The van der Waals surface area contributed by atoms with E-state index in [0.717, 1.165) is 18.9 Å². The minimum absolute atomic E-state index is 0.361. The quantitative estimate of drug-likeness (QED) is 0.766. The summed E-state index contributed by atoms with van der Waals surface area (Å²) >= 11 is 0. The van der Waals surface area contributed by atoms with E-state index in [-0.39, 0.29) is 0 Å². The molecule has 1 heterocycles. The molecule has 1 saturated heterocycles. The van der Waals surface area contributed by atoms with Gasteiger partial charge in [0.2, 0.25) is 0 Å². The molecule has 1 aliphatic rings. The van der Waals surface area contributed by atoms with Crippen LogP contribution >= 0.6 is 0 Å². The molecule has 0 bridgehead atoms. The second-order valence-corrected chi connectivity index (χ2v) is 5.23. The van der Waals surface area contributed by atoms with E-state index < -0.39 is 0 Å². The highest BCUT2D eigenvalue weighted by molar-refractivity contribution is 5.30. The number of hydrogen-bond acceptors (Lipinski definition) is 3. The Morgan fingerprint density at radius 1 is 1.47 bits per heavy atom. The van der Waals surface area contributed by atoms with Crippen LogP contribution in [0.25, 0.3) is 0 Å². The molecule has 2 atom stereocenters. The third-order valence-corrected chi connectivity index (χ3v) is 3.77. The molecule has 106 valence electrons. The minimum atomic E-state index is 0.361. The Hall–Kier alpha value is -1.06. The highest BCUT2D eigenvalue weighted by Crippen LogP contribution is 2.19. The SMILES string of the molecule is COc1cccc([C@H](C)NCCCC2CCCO2)c1. The zero-order valence-corrected chi connectivity index (χ0v) is 12.0. The second-order valence-electron chi connectivity index (χ2n) is 5.23. The molecule has 0 amide bonds. The van der Waals surface area contributed by atoms with Gasteiger partial charge in [-0.2, -0.15) is 0 Å². The highest BCUT2D eigenvalue weighted by Gasteiger charge is 2.14. The van der Waals surface area contributed by atoms with Gasteiger partial charge in [0.25, 0.3) is 0 Å². The first-order valence-corrected chi connectivity index (χ1v) is 7.28. The van der Waals surface area contributed by atoms with E-state index >= 15 is 0 Å². The Bertz CT molecular complexity index is 375. The van der Waals surface area contributed by atoms with Crippen molar-refractivity contribution in [2.45, 2.75) is 44.8 Å². The van der Waals surface area contributed by atoms with Gasteiger partial charge in [-0.15, -0.1) is 0 Å². The summed E-state index contributed by atoms with van der Waals surface area (Å²) in [6.45, 7) is 4.19. The monoisotopic (exact) mass is 263 g/mol. The molecule has 0 aromatic heterocycles. The fourth-order valence-corrected chi connectivity index (χ4v) is 2.55. The van der Waals surface area contributed by atoms with Crippen LogP contribution in [0, 0.1) is 0 Å². The van der Waals surface area contributed by atoms with Crippen LogP contribution < -0.4 is 10.1 Å². The van der Waals surface area contributed by atoms with Gasteiger partial charge in [-0.1, -0.05) is 12.1 Å². The molecule has 0 saturated carbocycles. The number of nitrogens with one attached hydrogen (secondary N) is 1. The number of benzene rings is 1. The standard InChI is InChI=1S/C16H25NO2/c1-13(14-6-3-7-16(12-14)18-2)17-10-4-8-15-9-5-11-19-15/h3,6-7,12-13,15,17H,4-5,8-11H2,1-2H3/t13-,15?/m0/s1. The van der Waals surface area contributed by atoms with Gasteiger partial charge >= 0.3 is 0 Å². The predicted octanol–water partition coefficient (Wildman–Crippen LogP) is 3.31. The van der Waals surface area contributed by atoms with Gasteiger partial charge in [-0.25, -0.2) is 0 Å². The van der Waals surface area contributed by atoms with E-state index in [1.54, 1.807) is 7.11 Å². The van der Waals surface area contributed by atoms with E-state index in [1.165, 1.54) is 31.2 Å². The van der Waals surface area contributed by atoms with Gasteiger partial charge in [-0.3, -0.25) is 0 Å². The van der Waals surface area contributed by atoms with Gasteiger partial charge in [0.05, 0.1) is 13.2 Å². The largest absolute Gasteiger partial charge is 0.497 e. The zero-order valence-electron chi connectivity index (χ0n) is 12.0. The third-order valence-electron chi connectivity index (χ3n) is 3.77. The van der Waals surface area contributed by atoms with E-state index in [2.05, 4.69) is 24.4 Å². The summed E-state index contributed by atoms with van der Waals surface area (Å²) < 4.78 is 10.9. The van der Waals surface area contributed by atoms with Gasteiger partial charge in [0, 0.05) is 12.6 Å². The smallest absolute Gasteiger partial charge is 0.119 e. The molecule has 2 rings (SSSR count). The molecule has 19 heavy (non-hydrogen) atoms. The van der Waals surface area contributed by atoms with Crippen LogP contribution in [0.3, 0.4) is 0 Å². The van der Waals surface area contributed by atoms with Crippen molar-refractivity contribution < 1.29 is 9.47 Å². The summed E-state index contributed by atoms with van der Waals surface area (Å²) in [6.07, 6.45) is 5.34. The number of methoxy groups -OCH3 is 1. The van der Waals surface area contributed by atoms with Crippen molar-refractivity contribution in [1.82, 2.24) is 5.32 Å². The van der Waals surface area contributed by atoms with Crippen LogP contribution in [-0.4, -0.2) is 26.4 Å². The third kappa shape index (κ3) is 4.51. The van der Waals surface area contributed by atoms with Crippen molar-refractivity contribution in [3.05, 3.63) is 29.8 Å². The van der Waals surface area contributed by atoms with Gasteiger partial charge in [0.15, 0.2) is 0 Å². The molecule has 0 spiro atoms. The van der Waals surface area contributed by atoms with Crippen molar-refractivity contribution >= 4 is 0 Å². The average molecular weight is 263 g/mol. The molecule has 1 aliphatic heterocycles. The Morgan fingerprint density at radius 3 is 3.11 bits per heavy atom. The number of rotatable bonds is 7. The zero-order chi connectivity index (χ0) is 13.5. The molecule has 1 aromatic rings. The maximum Gasteiger partial charge on any atom is 0.119 e. The maximum absolute atomic E-state index is 5.63. The summed E-state index contributed by atoms with van der Waals surface area (Å²) in [5, 5.41) is 3.56. The molecule has 3 nitrogen and oxygen atoms in total. The van der Waals surface area contributed by atoms with Gasteiger partial charge in [0.1, 0.15) is 5.75 Å². The topological polar surface area (TPSA) is 30.5 Å². The Labute approximate surface area is 116 Å². The first kappa shape index (κ1) is 14.4. The van der Waals surface area contributed by atoms with E-state index in [0.29, 0.717) is 12.1 Å². The molecular formula is C16H25NO2. The lowest BCUT2D eigenvalue weighted by atomic mass is 10.1. The summed E-state index contributed by atoms with van der Waals surface area (Å²) in [7, 11) is 1.71. The fourth-order valence-electron chi connectivity index (χ4n) is 2.55. The first-order valence-electron chi connectivity index (χ1n) is 7.28. The molecule has 1 fully saturated rings. The van der Waals surface area contributed by atoms with Crippen LogP contribution in [0.2, 0.25) is 0 Å². The van der Waals surface area contributed by atoms with E-state index in [4.69, 9.17) is 9.47 Å². The van der Waals surface area contributed by atoms with Crippen LogP contribution in [0.1, 0.15) is 44.2 Å². The summed E-state index contributed by atoms with van der Waals surface area (Å²) in [6, 6.07) is 8.62. The average Bonchev–Trinajstić information content (AvgIpc) is 2.96. The maximum atomic E-state index is 5.63. The van der Waals surface area contributed by atoms with E-state index in [9.17, 15) is 0 Å². The number of ether oxygens (including phenoxy) is 2. The molecule has 0 aliphatic carbocycles. The molecule has 1 aromatic carbocycles. The molecule has 3 heteroatoms. The van der Waals surface area contributed by atoms with Crippen LogP contribution in [0.15, 0.2) is 24.3 Å². The van der Waals surface area contributed by atoms with Crippen molar-refractivity contribution in [1.29, 1.82) is 0 Å². The number of hydrogen-bond donors (Lipinski definition) is 1. The van der Waals surface area contributed by atoms with Crippen LogP contribution in [0.4, 0.5) is 0 Å². The normalized spacial score (nSPS) is 20.4. The minimum Gasteiger partial charge on any atom is -0.497 e. The van der Waals surface area contributed by atoms with Crippen LogP contribution in [-0.2, 0) is 4.74 Å². The molecule has 1 N–H and O–H groups in total. The summed E-state index contributed by atoms with van der Waals surface area (Å²) in [4.78, 5) is 0. The Morgan fingerprint density at radius 2 is 2.37 bits per heavy atom. The summed E-state index contributed by atoms with van der Waals surface area (Å²) in [5.41, 5.74) is 1.27. The van der Waals surface area contributed by atoms with Gasteiger partial charge < -0.3 is 14.8 Å². The Kier molecular flexibility index (Phi) is 5.67. The van der Waals surface area contributed by atoms with Crippen molar-refractivity contribution in [3.8, 4) is 5.75 Å². The predicted molar refractivity (Wildman–Crippen MR) is 77.6 cm³/mol. The molecule has 0 radical (unpaired) electrons. The van der Waals surface area contributed by atoms with Crippen molar-refractivity contribution in [3.63, 3.8) is 0 Å². The molecular weight excluding hydrogens is 238 g/mol. The second kappa shape index (κ2) is 7.51. The summed E-state index contributed by atoms with van der Waals surface area (Å²) in [5.74, 6) is 0.922. The van der Waals surface area contributed by atoms with Crippen molar-refractivity contribution in [2.75, 3.05) is 20.3 Å². The lowest BCUT2D eigenvalue weighted by Crippen LogP contribution is -2.21.